The van der Waals surface area contributed by atoms with E-state index in [9.17, 15) is 9.59 Å². The van der Waals surface area contributed by atoms with Crippen molar-refractivity contribution < 1.29 is 9.59 Å². The predicted molar refractivity (Wildman–Crippen MR) is 99.7 cm³/mol. The van der Waals surface area contributed by atoms with Gasteiger partial charge in [-0.05, 0) is 62.8 Å². The number of nitrogens with one attached hydrogen (secondary N) is 1. The van der Waals surface area contributed by atoms with Crippen molar-refractivity contribution in [2.24, 2.45) is 0 Å². The van der Waals surface area contributed by atoms with Gasteiger partial charge in [-0.3, -0.25) is 9.59 Å². The first kappa shape index (κ1) is 17.1. The van der Waals surface area contributed by atoms with E-state index in [1.54, 1.807) is 4.90 Å². The van der Waals surface area contributed by atoms with E-state index < -0.39 is 0 Å². The van der Waals surface area contributed by atoms with Crippen molar-refractivity contribution in [3.05, 3.63) is 29.1 Å². The minimum absolute atomic E-state index is 0.0260. The molecule has 0 saturated carbocycles. The molecule has 3 heterocycles. The Hall–Kier alpha value is -2.37. The van der Waals surface area contributed by atoms with E-state index in [0.29, 0.717) is 13.0 Å². The van der Waals surface area contributed by atoms with Crippen LogP contribution in [-0.4, -0.2) is 51.2 Å². The lowest BCUT2D eigenvalue weighted by Crippen LogP contribution is -2.44. The maximum atomic E-state index is 12.9. The highest BCUT2D eigenvalue weighted by Crippen LogP contribution is 2.31. The van der Waals surface area contributed by atoms with Crippen molar-refractivity contribution in [1.29, 1.82) is 0 Å². The molecule has 1 aromatic carbocycles. The van der Waals surface area contributed by atoms with Crippen LogP contribution in [0.25, 0.3) is 11.0 Å². The summed E-state index contributed by atoms with van der Waals surface area (Å²) in [4.78, 5) is 36.6. The monoisotopic (exact) mass is 354 g/mol. The number of aromatic nitrogens is 2. The van der Waals surface area contributed by atoms with Crippen molar-refractivity contribution in [2.75, 3.05) is 19.6 Å². The fourth-order valence-electron chi connectivity index (χ4n) is 4.09. The number of likely N-dealkylation sites (tertiary alicyclic amines) is 2. The molecular weight excluding hydrogens is 328 g/mol. The summed E-state index contributed by atoms with van der Waals surface area (Å²) in [6.45, 7) is 5.83. The summed E-state index contributed by atoms with van der Waals surface area (Å²) in [6.07, 6.45) is 4.44. The van der Waals surface area contributed by atoms with Crippen LogP contribution in [0.3, 0.4) is 0 Å². The molecular formula is C20H26N4O2. The SMILES string of the molecule is Cc1cc2nc([C@@H]3CCCCN3C(=O)CN3CCCC3=O)[nH]c2cc1C. The minimum Gasteiger partial charge on any atom is -0.340 e. The Bertz CT molecular complexity index is 818. The first-order chi connectivity index (χ1) is 12.5. The van der Waals surface area contributed by atoms with Crippen LogP contribution in [0.15, 0.2) is 12.1 Å². The fraction of sp³-hybridized carbons (Fsp3) is 0.550. The molecule has 1 aromatic heterocycles. The molecule has 1 atom stereocenters. The number of imidazole rings is 1. The van der Waals surface area contributed by atoms with E-state index in [4.69, 9.17) is 4.98 Å². The Balaban J connectivity index is 1.59. The number of carbonyl (C=O) groups is 2. The van der Waals surface area contributed by atoms with Crippen LogP contribution < -0.4 is 0 Å². The summed E-state index contributed by atoms with van der Waals surface area (Å²) < 4.78 is 0. The van der Waals surface area contributed by atoms with E-state index >= 15 is 0 Å². The number of carbonyl (C=O) groups excluding carboxylic acids is 2. The number of aromatic amines is 1. The molecule has 2 fully saturated rings. The second-order valence-electron chi connectivity index (χ2n) is 7.59. The molecule has 138 valence electrons. The molecule has 0 unspecified atom stereocenters. The highest BCUT2D eigenvalue weighted by Gasteiger charge is 2.32. The van der Waals surface area contributed by atoms with Gasteiger partial charge in [0.05, 0.1) is 23.6 Å². The molecule has 26 heavy (non-hydrogen) atoms. The molecule has 6 heteroatoms. The fourth-order valence-corrected chi connectivity index (χ4v) is 4.09. The molecule has 6 nitrogen and oxygen atoms in total. The van der Waals surface area contributed by atoms with E-state index in [1.165, 1.54) is 11.1 Å². The normalized spacial score (nSPS) is 21.0. The lowest BCUT2D eigenvalue weighted by Gasteiger charge is -2.35. The number of amides is 2. The van der Waals surface area contributed by atoms with Gasteiger partial charge in [-0.25, -0.2) is 4.98 Å². The van der Waals surface area contributed by atoms with Crippen LogP contribution >= 0.6 is 0 Å². The average molecular weight is 354 g/mol. The van der Waals surface area contributed by atoms with E-state index in [-0.39, 0.29) is 24.4 Å². The highest BCUT2D eigenvalue weighted by atomic mass is 16.2. The third-order valence-corrected chi connectivity index (χ3v) is 5.75. The van der Waals surface area contributed by atoms with Crippen LogP contribution in [-0.2, 0) is 9.59 Å². The smallest absolute Gasteiger partial charge is 0.242 e. The standard InChI is InChI=1S/C20H26N4O2/c1-13-10-15-16(11-14(13)2)22-20(21-15)17-6-3-4-9-24(17)19(26)12-23-8-5-7-18(23)25/h10-11,17H,3-9,12H2,1-2H3,(H,21,22)/t17-/m0/s1. The predicted octanol–water partition coefficient (Wildman–Crippen LogP) is 2.86. The van der Waals surface area contributed by atoms with Crippen LogP contribution in [0.4, 0.5) is 0 Å². The van der Waals surface area contributed by atoms with Crippen molar-refractivity contribution in [3.63, 3.8) is 0 Å². The van der Waals surface area contributed by atoms with Gasteiger partial charge in [0.2, 0.25) is 11.8 Å². The maximum Gasteiger partial charge on any atom is 0.242 e. The number of piperidine rings is 1. The minimum atomic E-state index is -0.0260. The van der Waals surface area contributed by atoms with Gasteiger partial charge < -0.3 is 14.8 Å². The van der Waals surface area contributed by atoms with Gasteiger partial charge in [0, 0.05) is 19.5 Å². The summed E-state index contributed by atoms with van der Waals surface area (Å²) in [6, 6.07) is 4.20. The van der Waals surface area contributed by atoms with Crippen molar-refractivity contribution in [3.8, 4) is 0 Å². The summed E-state index contributed by atoms with van der Waals surface area (Å²) >= 11 is 0. The Morgan fingerprint density at radius 3 is 2.77 bits per heavy atom. The summed E-state index contributed by atoms with van der Waals surface area (Å²) in [5.74, 6) is 1.00. The van der Waals surface area contributed by atoms with Gasteiger partial charge in [-0.1, -0.05) is 0 Å². The first-order valence-corrected chi connectivity index (χ1v) is 9.57. The highest BCUT2D eigenvalue weighted by molar-refractivity contribution is 5.86. The largest absolute Gasteiger partial charge is 0.340 e. The number of H-pyrrole nitrogens is 1. The second kappa shape index (κ2) is 6.74. The zero-order valence-electron chi connectivity index (χ0n) is 15.5. The molecule has 2 aliphatic rings. The molecule has 0 spiro atoms. The molecule has 2 saturated heterocycles. The van der Waals surface area contributed by atoms with E-state index in [2.05, 4.69) is 31.0 Å². The van der Waals surface area contributed by atoms with E-state index in [1.807, 2.05) is 4.90 Å². The van der Waals surface area contributed by atoms with Gasteiger partial charge in [0.15, 0.2) is 0 Å². The Kier molecular flexibility index (Phi) is 4.42. The number of hydrogen-bond acceptors (Lipinski definition) is 3. The van der Waals surface area contributed by atoms with Crippen molar-refractivity contribution in [1.82, 2.24) is 19.8 Å². The average Bonchev–Trinajstić information content (AvgIpc) is 3.21. The number of benzene rings is 1. The van der Waals surface area contributed by atoms with Crippen LogP contribution in [0.1, 0.15) is 55.1 Å². The summed E-state index contributed by atoms with van der Waals surface area (Å²) in [5, 5.41) is 0. The van der Waals surface area contributed by atoms with Crippen molar-refractivity contribution >= 4 is 22.8 Å². The molecule has 2 aliphatic heterocycles. The maximum absolute atomic E-state index is 12.9. The number of fused-ring (bicyclic) bond motifs is 1. The zero-order valence-corrected chi connectivity index (χ0v) is 15.5. The third-order valence-electron chi connectivity index (χ3n) is 5.75. The van der Waals surface area contributed by atoms with Crippen LogP contribution in [0.2, 0.25) is 0 Å². The van der Waals surface area contributed by atoms with Gasteiger partial charge in [0.25, 0.3) is 0 Å². The summed E-state index contributed by atoms with van der Waals surface area (Å²) in [5.41, 5.74) is 4.43. The molecule has 0 radical (unpaired) electrons. The van der Waals surface area contributed by atoms with Gasteiger partial charge in [0.1, 0.15) is 5.82 Å². The van der Waals surface area contributed by atoms with Gasteiger partial charge in [-0.2, -0.15) is 0 Å². The third kappa shape index (κ3) is 3.08. The molecule has 0 aliphatic carbocycles. The second-order valence-corrected chi connectivity index (χ2v) is 7.59. The molecule has 0 bridgehead atoms. The lowest BCUT2D eigenvalue weighted by atomic mass is 10.0. The molecule has 4 rings (SSSR count). The number of rotatable bonds is 3. The Labute approximate surface area is 153 Å². The van der Waals surface area contributed by atoms with Gasteiger partial charge >= 0.3 is 0 Å². The Morgan fingerprint density at radius 1 is 1.19 bits per heavy atom. The van der Waals surface area contributed by atoms with Crippen LogP contribution in [0, 0.1) is 13.8 Å². The number of nitrogens with zero attached hydrogens (tertiary/aromatic N) is 3. The summed E-state index contributed by atoms with van der Waals surface area (Å²) in [7, 11) is 0. The number of hydrogen-bond donors (Lipinski definition) is 1. The number of aryl methyl sites for hydroxylation is 2. The first-order valence-electron chi connectivity index (χ1n) is 9.57. The molecule has 2 amide bonds. The molecule has 2 aromatic rings. The van der Waals surface area contributed by atoms with Gasteiger partial charge in [-0.15, -0.1) is 0 Å². The Morgan fingerprint density at radius 2 is 2.00 bits per heavy atom. The zero-order chi connectivity index (χ0) is 18.3. The lowest BCUT2D eigenvalue weighted by molar-refractivity contribution is -0.141. The topological polar surface area (TPSA) is 69.3 Å². The van der Waals surface area contributed by atoms with Crippen LogP contribution in [0.5, 0.6) is 0 Å². The quantitative estimate of drug-likeness (QED) is 0.921. The van der Waals surface area contributed by atoms with Crippen molar-refractivity contribution in [2.45, 2.75) is 52.0 Å². The van der Waals surface area contributed by atoms with E-state index in [0.717, 1.165) is 49.1 Å². The molecule has 1 N–H and O–H groups in total.